The molecule has 0 aliphatic carbocycles. The van der Waals surface area contributed by atoms with Crippen LogP contribution in [0.5, 0.6) is 0 Å². The minimum Gasteiger partial charge on any atom is -0.465 e. The molecular weight excluding hydrogens is 196 g/mol. The molecule has 88 valence electrons. The van der Waals surface area contributed by atoms with Crippen molar-refractivity contribution in [1.29, 1.82) is 0 Å². The minimum absolute atomic E-state index is 0.0477. The molecule has 1 amide bonds. The van der Waals surface area contributed by atoms with Crippen LogP contribution >= 0.6 is 0 Å². The number of hydrogen-bond donors (Lipinski definition) is 1. The summed E-state index contributed by atoms with van der Waals surface area (Å²) < 4.78 is 4.68. The number of rotatable bonds is 7. The summed E-state index contributed by atoms with van der Waals surface area (Å²) in [6, 6.07) is 0. The normalized spacial score (nSPS) is 10.1. The van der Waals surface area contributed by atoms with E-state index in [4.69, 9.17) is 0 Å². The molecule has 0 atom stereocenters. The molecule has 0 unspecified atom stereocenters. The van der Waals surface area contributed by atoms with Gasteiger partial charge in [-0.2, -0.15) is 0 Å². The SMILES string of the molecule is CCOC(=O)CNC(=O)CN(CC)CC. The maximum atomic E-state index is 11.3. The molecule has 0 spiro atoms. The standard InChI is InChI=1S/C10H20N2O3/c1-4-12(5-2)8-9(13)11-7-10(14)15-6-3/h4-8H2,1-3H3,(H,11,13). The molecule has 15 heavy (non-hydrogen) atoms. The largest absolute Gasteiger partial charge is 0.465 e. The van der Waals surface area contributed by atoms with Gasteiger partial charge in [-0.15, -0.1) is 0 Å². The van der Waals surface area contributed by atoms with Gasteiger partial charge >= 0.3 is 5.97 Å². The van der Waals surface area contributed by atoms with Crippen LogP contribution in [0.15, 0.2) is 0 Å². The van der Waals surface area contributed by atoms with Crippen molar-refractivity contribution in [2.75, 3.05) is 32.8 Å². The molecule has 0 aromatic carbocycles. The van der Waals surface area contributed by atoms with Crippen molar-refractivity contribution < 1.29 is 14.3 Å². The molecule has 1 N–H and O–H groups in total. The van der Waals surface area contributed by atoms with Gasteiger partial charge in [0.2, 0.25) is 5.91 Å². The monoisotopic (exact) mass is 216 g/mol. The molecule has 0 saturated carbocycles. The lowest BCUT2D eigenvalue weighted by atomic mass is 10.4. The lowest BCUT2D eigenvalue weighted by Crippen LogP contribution is -2.39. The van der Waals surface area contributed by atoms with Gasteiger partial charge in [0.15, 0.2) is 0 Å². The number of carbonyl (C=O) groups is 2. The van der Waals surface area contributed by atoms with Gasteiger partial charge in [0.1, 0.15) is 6.54 Å². The maximum absolute atomic E-state index is 11.3. The molecule has 0 aromatic heterocycles. The van der Waals surface area contributed by atoms with Crippen LogP contribution in [0.2, 0.25) is 0 Å². The van der Waals surface area contributed by atoms with Crippen LogP contribution in [-0.4, -0.2) is 49.6 Å². The molecule has 0 aromatic rings. The van der Waals surface area contributed by atoms with Crippen LogP contribution < -0.4 is 5.32 Å². The first-order chi connectivity index (χ1) is 7.13. The Labute approximate surface area is 90.8 Å². The zero-order valence-electron chi connectivity index (χ0n) is 9.71. The van der Waals surface area contributed by atoms with E-state index >= 15 is 0 Å². The quantitative estimate of drug-likeness (QED) is 0.609. The van der Waals surface area contributed by atoms with Crippen LogP contribution in [0.4, 0.5) is 0 Å². The third-order valence-electron chi connectivity index (χ3n) is 2.00. The summed E-state index contributed by atoms with van der Waals surface area (Å²) in [7, 11) is 0. The van der Waals surface area contributed by atoms with Crippen molar-refractivity contribution in [3.63, 3.8) is 0 Å². The minimum atomic E-state index is -0.398. The molecule has 0 aliphatic rings. The Morgan fingerprint density at radius 2 is 1.80 bits per heavy atom. The topological polar surface area (TPSA) is 58.6 Å². The number of hydrogen-bond acceptors (Lipinski definition) is 4. The van der Waals surface area contributed by atoms with Gasteiger partial charge in [0, 0.05) is 0 Å². The van der Waals surface area contributed by atoms with Crippen molar-refractivity contribution >= 4 is 11.9 Å². The molecule has 0 radical (unpaired) electrons. The van der Waals surface area contributed by atoms with Crippen molar-refractivity contribution in [3.8, 4) is 0 Å². The first-order valence-corrected chi connectivity index (χ1v) is 5.28. The fourth-order valence-electron chi connectivity index (χ4n) is 1.09. The summed E-state index contributed by atoms with van der Waals surface area (Å²) in [5.74, 6) is -0.544. The van der Waals surface area contributed by atoms with E-state index in [-0.39, 0.29) is 12.5 Å². The summed E-state index contributed by atoms with van der Waals surface area (Å²) >= 11 is 0. The first kappa shape index (κ1) is 13.9. The number of nitrogens with zero attached hydrogens (tertiary/aromatic N) is 1. The highest BCUT2D eigenvalue weighted by atomic mass is 16.5. The zero-order chi connectivity index (χ0) is 11.7. The number of ether oxygens (including phenoxy) is 1. The van der Waals surface area contributed by atoms with E-state index in [1.54, 1.807) is 6.92 Å². The zero-order valence-corrected chi connectivity index (χ0v) is 9.71. The van der Waals surface area contributed by atoms with Crippen LogP contribution in [0.3, 0.4) is 0 Å². The molecular formula is C10H20N2O3. The van der Waals surface area contributed by atoms with Crippen molar-refractivity contribution in [3.05, 3.63) is 0 Å². The van der Waals surface area contributed by atoms with Crippen molar-refractivity contribution in [2.24, 2.45) is 0 Å². The van der Waals surface area contributed by atoms with E-state index in [0.29, 0.717) is 13.2 Å². The van der Waals surface area contributed by atoms with E-state index in [9.17, 15) is 9.59 Å². The number of likely N-dealkylation sites (N-methyl/N-ethyl adjacent to an activating group) is 1. The highest BCUT2D eigenvalue weighted by Gasteiger charge is 2.08. The van der Waals surface area contributed by atoms with Gasteiger partial charge in [0.05, 0.1) is 13.2 Å². The Morgan fingerprint density at radius 3 is 2.27 bits per heavy atom. The fourth-order valence-corrected chi connectivity index (χ4v) is 1.09. The second-order valence-corrected chi connectivity index (χ2v) is 3.04. The van der Waals surface area contributed by atoms with E-state index in [1.807, 2.05) is 18.7 Å². The Hall–Kier alpha value is -1.10. The number of amides is 1. The van der Waals surface area contributed by atoms with Gasteiger partial charge in [-0.3, -0.25) is 14.5 Å². The molecule has 0 aliphatic heterocycles. The third-order valence-corrected chi connectivity index (χ3v) is 2.00. The summed E-state index contributed by atoms with van der Waals surface area (Å²) in [6.45, 7) is 7.97. The van der Waals surface area contributed by atoms with E-state index < -0.39 is 5.97 Å². The molecule has 0 heterocycles. The van der Waals surface area contributed by atoms with Gasteiger partial charge in [-0.1, -0.05) is 13.8 Å². The molecule has 5 heteroatoms. The second kappa shape index (κ2) is 8.23. The third kappa shape index (κ3) is 6.90. The molecule has 0 fully saturated rings. The van der Waals surface area contributed by atoms with Gasteiger partial charge < -0.3 is 10.1 Å². The lowest BCUT2D eigenvalue weighted by molar-refractivity contribution is -0.143. The Morgan fingerprint density at radius 1 is 1.20 bits per heavy atom. The van der Waals surface area contributed by atoms with Gasteiger partial charge in [-0.25, -0.2) is 0 Å². The number of esters is 1. The summed E-state index contributed by atoms with van der Waals surface area (Å²) in [5, 5.41) is 2.51. The van der Waals surface area contributed by atoms with Crippen LogP contribution in [0.1, 0.15) is 20.8 Å². The molecule has 5 nitrogen and oxygen atoms in total. The predicted octanol–water partition coefficient (Wildman–Crippen LogP) is 0.00750. The number of carbonyl (C=O) groups excluding carboxylic acids is 2. The van der Waals surface area contributed by atoms with E-state index in [0.717, 1.165) is 13.1 Å². The highest BCUT2D eigenvalue weighted by Crippen LogP contribution is 1.85. The Bertz CT molecular complexity index is 203. The summed E-state index contributed by atoms with van der Waals surface area (Å²) in [4.78, 5) is 24.2. The van der Waals surface area contributed by atoms with Crippen molar-refractivity contribution in [2.45, 2.75) is 20.8 Å². The van der Waals surface area contributed by atoms with E-state index in [1.165, 1.54) is 0 Å². The summed E-state index contributed by atoms with van der Waals surface area (Å²) in [6.07, 6.45) is 0. The molecule has 0 saturated heterocycles. The highest BCUT2D eigenvalue weighted by molar-refractivity contribution is 5.83. The van der Waals surface area contributed by atoms with Gasteiger partial charge in [-0.05, 0) is 20.0 Å². The Balaban J connectivity index is 3.69. The van der Waals surface area contributed by atoms with E-state index in [2.05, 4.69) is 10.1 Å². The van der Waals surface area contributed by atoms with Crippen LogP contribution in [-0.2, 0) is 14.3 Å². The van der Waals surface area contributed by atoms with Crippen LogP contribution in [0, 0.1) is 0 Å². The molecule has 0 bridgehead atoms. The Kier molecular flexibility index (Phi) is 7.62. The van der Waals surface area contributed by atoms with Crippen LogP contribution in [0.25, 0.3) is 0 Å². The lowest BCUT2D eigenvalue weighted by Gasteiger charge is -2.16. The molecule has 0 rings (SSSR count). The number of nitrogens with one attached hydrogen (secondary N) is 1. The van der Waals surface area contributed by atoms with Gasteiger partial charge in [0.25, 0.3) is 0 Å². The summed E-state index contributed by atoms with van der Waals surface area (Å²) in [5.41, 5.74) is 0. The fraction of sp³-hybridized carbons (Fsp3) is 0.800. The second-order valence-electron chi connectivity index (χ2n) is 3.04. The first-order valence-electron chi connectivity index (χ1n) is 5.28. The smallest absolute Gasteiger partial charge is 0.325 e. The average molecular weight is 216 g/mol. The maximum Gasteiger partial charge on any atom is 0.325 e. The average Bonchev–Trinajstić information content (AvgIpc) is 2.23. The predicted molar refractivity (Wildman–Crippen MR) is 57.4 cm³/mol. The van der Waals surface area contributed by atoms with Crippen molar-refractivity contribution in [1.82, 2.24) is 10.2 Å².